The Kier molecular flexibility index (Phi) is 2.97. The molecule has 0 bridgehead atoms. The van der Waals surface area contributed by atoms with Gasteiger partial charge in [-0.3, -0.25) is 0 Å². The van der Waals surface area contributed by atoms with E-state index in [1.807, 2.05) is 36.0 Å². The molecule has 0 radical (unpaired) electrons. The lowest BCUT2D eigenvalue weighted by atomic mass is 10.1. The van der Waals surface area contributed by atoms with Crippen molar-refractivity contribution in [2.24, 2.45) is 0 Å². The minimum Gasteiger partial charge on any atom is -0.249 e. The normalized spacial score (nSPS) is 11.1. The highest BCUT2D eigenvalue weighted by molar-refractivity contribution is 6.33. The van der Waals surface area contributed by atoms with Crippen molar-refractivity contribution in [1.82, 2.24) is 15.0 Å². The first-order chi connectivity index (χ1) is 7.58. The van der Waals surface area contributed by atoms with Gasteiger partial charge in [0.15, 0.2) is 0 Å². The van der Waals surface area contributed by atoms with Gasteiger partial charge in [0.1, 0.15) is 5.69 Å². The predicted molar refractivity (Wildman–Crippen MR) is 65.6 cm³/mol. The predicted octanol–water partition coefficient (Wildman–Crippen LogP) is 3.49. The summed E-state index contributed by atoms with van der Waals surface area (Å²) >= 11 is 6.18. The van der Waals surface area contributed by atoms with E-state index in [1.165, 1.54) is 0 Å². The number of nitrogens with zero attached hydrogens (tertiary/aromatic N) is 3. The molecular weight excluding hydrogens is 222 g/mol. The largest absolute Gasteiger partial charge is 0.249 e. The van der Waals surface area contributed by atoms with Crippen molar-refractivity contribution in [2.45, 2.75) is 26.8 Å². The first-order valence-corrected chi connectivity index (χ1v) is 5.64. The molecule has 0 aliphatic heterocycles. The first kappa shape index (κ1) is 11.1. The highest BCUT2D eigenvalue weighted by Gasteiger charge is 2.09. The number of hydrogen-bond acceptors (Lipinski definition) is 2. The fourth-order valence-corrected chi connectivity index (χ4v) is 1.81. The molecule has 0 unspecified atom stereocenters. The molecule has 1 aromatic heterocycles. The molecule has 16 heavy (non-hydrogen) atoms. The highest BCUT2D eigenvalue weighted by Crippen LogP contribution is 2.27. The topological polar surface area (TPSA) is 30.7 Å². The van der Waals surface area contributed by atoms with E-state index in [4.69, 9.17) is 11.6 Å². The standard InChI is InChI=1S/C12H14ClN3/c1-8(2)16-7-12(14-15-16)10-5-4-9(3)6-11(10)13/h4-8H,1-3H3. The summed E-state index contributed by atoms with van der Waals surface area (Å²) in [5.74, 6) is 0. The van der Waals surface area contributed by atoms with E-state index in [0.29, 0.717) is 6.04 Å². The van der Waals surface area contributed by atoms with Gasteiger partial charge in [0, 0.05) is 11.6 Å². The van der Waals surface area contributed by atoms with Crippen LogP contribution in [0.3, 0.4) is 0 Å². The van der Waals surface area contributed by atoms with Crippen molar-refractivity contribution < 1.29 is 0 Å². The Bertz CT molecular complexity index is 503. The molecule has 2 aromatic rings. The van der Waals surface area contributed by atoms with Gasteiger partial charge in [-0.15, -0.1) is 5.10 Å². The van der Waals surface area contributed by atoms with Crippen molar-refractivity contribution in [2.75, 3.05) is 0 Å². The van der Waals surface area contributed by atoms with Crippen LogP contribution in [-0.4, -0.2) is 15.0 Å². The molecule has 2 rings (SSSR count). The molecule has 1 heterocycles. The quantitative estimate of drug-likeness (QED) is 0.798. The van der Waals surface area contributed by atoms with Crippen LogP contribution in [0.4, 0.5) is 0 Å². The summed E-state index contributed by atoms with van der Waals surface area (Å²) < 4.78 is 1.82. The first-order valence-electron chi connectivity index (χ1n) is 5.26. The monoisotopic (exact) mass is 235 g/mol. The minimum absolute atomic E-state index is 0.311. The van der Waals surface area contributed by atoms with E-state index in [-0.39, 0.29) is 0 Å². The molecule has 4 heteroatoms. The van der Waals surface area contributed by atoms with Crippen molar-refractivity contribution in [3.8, 4) is 11.3 Å². The van der Waals surface area contributed by atoms with Gasteiger partial charge >= 0.3 is 0 Å². The molecular formula is C12H14ClN3. The maximum Gasteiger partial charge on any atom is 0.114 e. The molecule has 0 spiro atoms. The molecule has 3 nitrogen and oxygen atoms in total. The van der Waals surface area contributed by atoms with E-state index in [9.17, 15) is 0 Å². The average Bonchev–Trinajstić information content (AvgIpc) is 2.66. The zero-order valence-electron chi connectivity index (χ0n) is 9.61. The Labute approximate surface area is 100 Å². The minimum atomic E-state index is 0.311. The van der Waals surface area contributed by atoms with Gasteiger partial charge in [0.2, 0.25) is 0 Å². The lowest BCUT2D eigenvalue weighted by Gasteiger charge is -2.02. The summed E-state index contributed by atoms with van der Waals surface area (Å²) in [4.78, 5) is 0. The van der Waals surface area contributed by atoms with Crippen LogP contribution < -0.4 is 0 Å². The number of aryl methyl sites for hydroxylation is 1. The molecule has 0 saturated carbocycles. The van der Waals surface area contributed by atoms with Crippen LogP contribution >= 0.6 is 11.6 Å². The Balaban J connectivity index is 2.42. The molecule has 0 saturated heterocycles. The zero-order valence-corrected chi connectivity index (χ0v) is 10.4. The molecule has 0 fully saturated rings. The second kappa shape index (κ2) is 4.26. The van der Waals surface area contributed by atoms with E-state index >= 15 is 0 Å². The van der Waals surface area contributed by atoms with Crippen molar-refractivity contribution in [1.29, 1.82) is 0 Å². The van der Waals surface area contributed by atoms with Crippen LogP contribution in [0.25, 0.3) is 11.3 Å². The summed E-state index contributed by atoms with van der Waals surface area (Å²) in [6.07, 6.45) is 1.92. The Hall–Kier alpha value is -1.35. The molecule has 0 amide bonds. The average molecular weight is 236 g/mol. The third kappa shape index (κ3) is 2.09. The maximum atomic E-state index is 6.18. The van der Waals surface area contributed by atoms with E-state index in [1.54, 1.807) is 0 Å². The van der Waals surface area contributed by atoms with Crippen molar-refractivity contribution in [3.05, 3.63) is 35.0 Å². The molecule has 84 valence electrons. The van der Waals surface area contributed by atoms with Gasteiger partial charge < -0.3 is 0 Å². The maximum absolute atomic E-state index is 6.18. The van der Waals surface area contributed by atoms with Gasteiger partial charge in [-0.25, -0.2) is 4.68 Å². The van der Waals surface area contributed by atoms with Crippen LogP contribution in [-0.2, 0) is 0 Å². The van der Waals surface area contributed by atoms with Gasteiger partial charge in [-0.2, -0.15) is 0 Å². The number of benzene rings is 1. The lowest BCUT2D eigenvalue weighted by molar-refractivity contribution is 0.514. The Morgan fingerprint density at radius 1 is 1.31 bits per heavy atom. The summed E-state index contributed by atoms with van der Waals surface area (Å²) in [6.45, 7) is 6.14. The Morgan fingerprint density at radius 2 is 2.06 bits per heavy atom. The van der Waals surface area contributed by atoms with Crippen LogP contribution in [0.2, 0.25) is 5.02 Å². The zero-order chi connectivity index (χ0) is 11.7. The third-order valence-electron chi connectivity index (χ3n) is 2.44. The van der Waals surface area contributed by atoms with E-state index < -0.39 is 0 Å². The van der Waals surface area contributed by atoms with Crippen LogP contribution in [0, 0.1) is 6.92 Å². The van der Waals surface area contributed by atoms with Gasteiger partial charge in [0.25, 0.3) is 0 Å². The third-order valence-corrected chi connectivity index (χ3v) is 2.75. The van der Waals surface area contributed by atoms with Crippen molar-refractivity contribution in [3.63, 3.8) is 0 Å². The molecule has 0 aliphatic rings. The van der Waals surface area contributed by atoms with Crippen LogP contribution in [0.15, 0.2) is 24.4 Å². The van der Waals surface area contributed by atoms with Gasteiger partial charge in [-0.1, -0.05) is 28.9 Å². The molecule has 1 aromatic carbocycles. The summed E-state index contributed by atoms with van der Waals surface area (Å²) in [5, 5.41) is 8.91. The molecule has 0 atom stereocenters. The summed E-state index contributed by atoms with van der Waals surface area (Å²) in [6, 6.07) is 6.25. The van der Waals surface area contributed by atoms with E-state index in [2.05, 4.69) is 24.2 Å². The number of hydrogen-bond donors (Lipinski definition) is 0. The molecule has 0 aliphatic carbocycles. The highest BCUT2D eigenvalue weighted by atomic mass is 35.5. The van der Waals surface area contributed by atoms with Crippen molar-refractivity contribution >= 4 is 11.6 Å². The van der Waals surface area contributed by atoms with Crippen LogP contribution in [0.1, 0.15) is 25.5 Å². The Morgan fingerprint density at radius 3 is 2.62 bits per heavy atom. The number of halogens is 1. The van der Waals surface area contributed by atoms with Crippen LogP contribution in [0.5, 0.6) is 0 Å². The fraction of sp³-hybridized carbons (Fsp3) is 0.333. The van der Waals surface area contributed by atoms with Gasteiger partial charge in [0.05, 0.1) is 11.2 Å². The molecule has 0 N–H and O–H groups in total. The SMILES string of the molecule is Cc1ccc(-c2cn(C(C)C)nn2)c(Cl)c1. The number of aromatic nitrogens is 3. The summed E-state index contributed by atoms with van der Waals surface area (Å²) in [5.41, 5.74) is 2.89. The second-order valence-corrected chi connectivity index (χ2v) is 4.57. The fourth-order valence-electron chi connectivity index (χ4n) is 1.48. The lowest BCUT2D eigenvalue weighted by Crippen LogP contribution is -2.00. The second-order valence-electron chi connectivity index (χ2n) is 4.16. The summed E-state index contributed by atoms with van der Waals surface area (Å²) in [7, 11) is 0. The van der Waals surface area contributed by atoms with Gasteiger partial charge in [-0.05, 0) is 32.4 Å². The number of rotatable bonds is 2. The smallest absolute Gasteiger partial charge is 0.114 e. The van der Waals surface area contributed by atoms with E-state index in [0.717, 1.165) is 21.8 Å².